The first kappa shape index (κ1) is 23.2. The molecule has 7 nitrogen and oxygen atoms in total. The number of methoxy groups -OCH3 is 1. The maximum Gasteiger partial charge on any atom is 0.266 e. The predicted octanol–water partition coefficient (Wildman–Crippen LogP) is 3.72. The molecule has 1 aliphatic rings. The van der Waals surface area contributed by atoms with Gasteiger partial charge in [-0.3, -0.25) is 4.79 Å². The summed E-state index contributed by atoms with van der Waals surface area (Å²) in [5, 5.41) is 15.4. The maximum absolute atomic E-state index is 14.7. The minimum absolute atomic E-state index is 0.0849. The van der Waals surface area contributed by atoms with E-state index in [0.717, 1.165) is 6.07 Å². The SMILES string of the molecule is COC1(c2cc3c(N[C@H](C)c4cccc(C(F)F)c4F)nnc(C)c3n(C)c2=O)CCNC1. The van der Waals surface area contributed by atoms with Gasteiger partial charge < -0.3 is 19.9 Å². The van der Waals surface area contributed by atoms with Gasteiger partial charge in [-0.25, -0.2) is 13.2 Å². The van der Waals surface area contributed by atoms with E-state index in [1.807, 2.05) is 0 Å². The minimum atomic E-state index is -2.92. The van der Waals surface area contributed by atoms with Crippen LogP contribution in [0.15, 0.2) is 29.1 Å². The zero-order valence-electron chi connectivity index (χ0n) is 18.9. The lowest BCUT2D eigenvalue weighted by Gasteiger charge is -2.28. The van der Waals surface area contributed by atoms with E-state index in [9.17, 15) is 18.0 Å². The van der Waals surface area contributed by atoms with Crippen LogP contribution in [0.5, 0.6) is 0 Å². The first-order chi connectivity index (χ1) is 15.7. The molecule has 1 aromatic carbocycles. The molecular weight excluding hydrogens is 435 g/mol. The molecule has 2 aromatic heterocycles. The van der Waals surface area contributed by atoms with Gasteiger partial charge in [0.05, 0.1) is 28.4 Å². The lowest BCUT2D eigenvalue weighted by atomic mass is 9.92. The van der Waals surface area contributed by atoms with Crippen molar-refractivity contribution in [2.45, 2.75) is 38.3 Å². The Morgan fingerprint density at radius 3 is 2.64 bits per heavy atom. The molecule has 1 unspecified atom stereocenters. The molecule has 2 atom stereocenters. The van der Waals surface area contributed by atoms with Gasteiger partial charge in [0.25, 0.3) is 12.0 Å². The smallest absolute Gasteiger partial charge is 0.266 e. The number of pyridine rings is 1. The van der Waals surface area contributed by atoms with Crippen molar-refractivity contribution in [3.8, 4) is 0 Å². The molecule has 33 heavy (non-hydrogen) atoms. The van der Waals surface area contributed by atoms with E-state index in [0.29, 0.717) is 47.5 Å². The number of halogens is 3. The number of nitrogens with one attached hydrogen (secondary N) is 2. The summed E-state index contributed by atoms with van der Waals surface area (Å²) in [6, 6.07) is 4.98. The van der Waals surface area contributed by atoms with Crippen molar-refractivity contribution in [3.05, 3.63) is 62.8 Å². The molecule has 3 heterocycles. The quantitative estimate of drug-likeness (QED) is 0.583. The second kappa shape index (κ2) is 8.75. The van der Waals surface area contributed by atoms with Crippen LogP contribution in [0, 0.1) is 12.7 Å². The van der Waals surface area contributed by atoms with Crippen molar-refractivity contribution in [1.29, 1.82) is 0 Å². The van der Waals surface area contributed by atoms with E-state index in [-0.39, 0.29) is 11.1 Å². The summed E-state index contributed by atoms with van der Waals surface area (Å²) in [5.41, 5.74) is 0.0746. The summed E-state index contributed by atoms with van der Waals surface area (Å²) in [5.74, 6) is -0.639. The van der Waals surface area contributed by atoms with Gasteiger partial charge in [0.1, 0.15) is 11.4 Å². The number of anilines is 1. The largest absolute Gasteiger partial charge is 0.372 e. The van der Waals surface area contributed by atoms with Crippen LogP contribution in [0.1, 0.15) is 48.2 Å². The van der Waals surface area contributed by atoms with Gasteiger partial charge in [0, 0.05) is 31.7 Å². The highest BCUT2D eigenvalue weighted by atomic mass is 19.3. The Morgan fingerprint density at radius 2 is 2.00 bits per heavy atom. The third-order valence-corrected chi connectivity index (χ3v) is 6.42. The summed E-state index contributed by atoms with van der Waals surface area (Å²) >= 11 is 0. The van der Waals surface area contributed by atoms with Crippen LogP contribution in [0.4, 0.5) is 19.0 Å². The zero-order chi connectivity index (χ0) is 23.9. The minimum Gasteiger partial charge on any atom is -0.372 e. The second-order valence-electron chi connectivity index (χ2n) is 8.36. The van der Waals surface area contributed by atoms with Crippen molar-refractivity contribution in [1.82, 2.24) is 20.1 Å². The molecule has 0 bridgehead atoms. The van der Waals surface area contributed by atoms with Crippen LogP contribution >= 0.6 is 0 Å². The molecule has 0 spiro atoms. The number of rotatable bonds is 6. The van der Waals surface area contributed by atoms with Gasteiger partial charge in [-0.15, -0.1) is 5.10 Å². The molecule has 4 rings (SSSR count). The van der Waals surface area contributed by atoms with Crippen molar-refractivity contribution >= 4 is 16.7 Å². The van der Waals surface area contributed by atoms with E-state index >= 15 is 0 Å². The van der Waals surface area contributed by atoms with Crippen molar-refractivity contribution in [3.63, 3.8) is 0 Å². The number of benzene rings is 1. The van der Waals surface area contributed by atoms with Gasteiger partial charge >= 0.3 is 0 Å². The molecule has 3 aromatic rings. The van der Waals surface area contributed by atoms with E-state index in [1.165, 1.54) is 16.7 Å². The number of aromatic nitrogens is 3. The number of aryl methyl sites for hydroxylation is 2. The topological polar surface area (TPSA) is 81.1 Å². The van der Waals surface area contributed by atoms with Crippen LogP contribution in [-0.4, -0.2) is 35.0 Å². The molecule has 0 amide bonds. The van der Waals surface area contributed by atoms with Gasteiger partial charge in [0.15, 0.2) is 5.82 Å². The molecule has 1 fully saturated rings. The molecule has 2 N–H and O–H groups in total. The molecule has 1 aliphatic heterocycles. The number of fused-ring (bicyclic) bond motifs is 1. The van der Waals surface area contributed by atoms with Crippen LogP contribution in [0.25, 0.3) is 10.9 Å². The Hall–Kier alpha value is -2.98. The lowest BCUT2D eigenvalue weighted by molar-refractivity contribution is 0.00194. The van der Waals surface area contributed by atoms with Gasteiger partial charge in [0.2, 0.25) is 0 Å². The average Bonchev–Trinajstić information content (AvgIpc) is 3.27. The lowest BCUT2D eigenvalue weighted by Crippen LogP contribution is -2.39. The average molecular weight is 461 g/mol. The standard InChI is InChI=1S/C23H26F3N5O2/c1-12(14-6-5-7-15(18(14)24)20(25)26)28-21-16-10-17(23(33-4)8-9-27-11-23)22(32)31(3)19(16)13(2)29-30-21/h5-7,10,12,20,27H,8-9,11H2,1-4H3,(H,28,30)/t12-,23?/m1/s1. The Kier molecular flexibility index (Phi) is 6.15. The molecule has 0 radical (unpaired) electrons. The summed E-state index contributed by atoms with van der Waals surface area (Å²) in [4.78, 5) is 13.3. The summed E-state index contributed by atoms with van der Waals surface area (Å²) < 4.78 is 48.3. The van der Waals surface area contributed by atoms with Crippen molar-refractivity contribution in [2.75, 3.05) is 25.5 Å². The molecule has 0 saturated carbocycles. The number of hydrogen-bond acceptors (Lipinski definition) is 6. The summed E-state index contributed by atoms with van der Waals surface area (Å²) in [7, 11) is 3.24. The summed E-state index contributed by atoms with van der Waals surface area (Å²) in [6.07, 6.45) is -2.29. The highest BCUT2D eigenvalue weighted by Gasteiger charge is 2.39. The third kappa shape index (κ3) is 3.87. The predicted molar refractivity (Wildman–Crippen MR) is 119 cm³/mol. The zero-order valence-corrected chi connectivity index (χ0v) is 18.9. The number of hydrogen-bond donors (Lipinski definition) is 2. The third-order valence-electron chi connectivity index (χ3n) is 6.42. The van der Waals surface area contributed by atoms with Crippen molar-refractivity contribution in [2.24, 2.45) is 7.05 Å². The van der Waals surface area contributed by atoms with Crippen LogP contribution in [-0.2, 0) is 17.4 Å². The molecule has 10 heteroatoms. The molecular formula is C23H26F3N5O2. The highest BCUT2D eigenvalue weighted by molar-refractivity contribution is 5.91. The van der Waals surface area contributed by atoms with Crippen LogP contribution in [0.3, 0.4) is 0 Å². The summed E-state index contributed by atoms with van der Waals surface area (Å²) in [6.45, 7) is 4.61. The number of nitrogens with zero attached hydrogens (tertiary/aromatic N) is 3. The Bertz CT molecular complexity index is 1260. The first-order valence-electron chi connectivity index (χ1n) is 10.7. The van der Waals surface area contributed by atoms with Crippen molar-refractivity contribution < 1.29 is 17.9 Å². The maximum atomic E-state index is 14.7. The Labute approximate surface area is 189 Å². The Balaban J connectivity index is 1.85. The van der Waals surface area contributed by atoms with Crippen LogP contribution in [0.2, 0.25) is 0 Å². The first-order valence-corrected chi connectivity index (χ1v) is 10.7. The van der Waals surface area contributed by atoms with Gasteiger partial charge in [-0.05, 0) is 32.9 Å². The normalized spacial score (nSPS) is 19.4. The second-order valence-corrected chi connectivity index (χ2v) is 8.36. The van der Waals surface area contributed by atoms with E-state index in [1.54, 1.807) is 34.1 Å². The Morgan fingerprint density at radius 1 is 1.27 bits per heavy atom. The number of ether oxygens (including phenoxy) is 1. The van der Waals surface area contributed by atoms with E-state index < -0.39 is 29.4 Å². The molecule has 176 valence electrons. The van der Waals surface area contributed by atoms with E-state index in [4.69, 9.17) is 4.74 Å². The van der Waals surface area contributed by atoms with Gasteiger partial charge in [-0.1, -0.05) is 18.2 Å². The fraction of sp³-hybridized carbons (Fsp3) is 0.435. The molecule has 1 saturated heterocycles. The van der Waals surface area contributed by atoms with Gasteiger partial charge in [-0.2, -0.15) is 5.10 Å². The fourth-order valence-corrected chi connectivity index (χ4v) is 4.55. The monoisotopic (exact) mass is 461 g/mol. The highest BCUT2D eigenvalue weighted by Crippen LogP contribution is 2.34. The molecule has 0 aliphatic carbocycles. The van der Waals surface area contributed by atoms with E-state index in [2.05, 4.69) is 20.8 Å². The fourth-order valence-electron chi connectivity index (χ4n) is 4.55. The number of alkyl halides is 2. The van der Waals surface area contributed by atoms with Crippen LogP contribution < -0.4 is 16.2 Å².